The van der Waals surface area contributed by atoms with Gasteiger partial charge in [-0.05, 0) is 66.8 Å². The lowest BCUT2D eigenvalue weighted by atomic mass is 9.91. The molecule has 0 saturated carbocycles. The Bertz CT molecular complexity index is 1250. The number of hydroxylamine groups is 2. The van der Waals surface area contributed by atoms with E-state index in [1.165, 1.54) is 5.06 Å². The molecule has 32 heavy (non-hydrogen) atoms. The monoisotopic (exact) mass is 425 g/mol. The summed E-state index contributed by atoms with van der Waals surface area (Å²) >= 11 is 0. The van der Waals surface area contributed by atoms with Crippen molar-refractivity contribution in [2.75, 3.05) is 7.05 Å². The molecule has 7 heteroatoms. The fourth-order valence-electron chi connectivity index (χ4n) is 4.25. The van der Waals surface area contributed by atoms with Crippen molar-refractivity contribution in [3.05, 3.63) is 77.6 Å². The van der Waals surface area contributed by atoms with Crippen LogP contribution in [0, 0.1) is 11.3 Å². The van der Waals surface area contributed by atoms with Crippen molar-refractivity contribution in [2.24, 2.45) is 10.7 Å². The van der Waals surface area contributed by atoms with E-state index in [2.05, 4.69) is 11.1 Å². The molecule has 1 unspecified atom stereocenters. The number of rotatable bonds is 1. The Hall–Kier alpha value is -3.89. The summed E-state index contributed by atoms with van der Waals surface area (Å²) in [6, 6.07) is 19.5. The molecule has 2 aromatic carbocycles. The lowest BCUT2D eigenvalue weighted by Crippen LogP contribution is -2.32. The number of hydrogen-bond donors (Lipinski definition) is 1. The fourth-order valence-corrected chi connectivity index (χ4v) is 4.25. The van der Waals surface area contributed by atoms with Crippen molar-refractivity contribution >= 4 is 5.96 Å². The Kier molecular flexibility index (Phi) is 5.00. The van der Waals surface area contributed by atoms with Crippen LogP contribution in [-0.4, -0.2) is 23.1 Å². The topological polar surface area (TPSA) is 96.8 Å². The molecule has 1 atom stereocenters. The fraction of sp³-hybridized carbons (Fsp3) is 0.240. The zero-order chi connectivity index (χ0) is 22.1. The standard InChI is InChI=1S/C25H23N5O2/c1-30-24(27)29-25(32-30)12-3-2-8-21-23(9-5-13-28-21)31-22-11-10-19(15-20(22)25)18-7-4-6-17(14-18)16-26/h4-7,9-11,13-15H,2-3,8,12H2,1H3,(H2,27,29). The molecule has 0 aliphatic carbocycles. The number of nitriles is 1. The highest BCUT2D eigenvalue weighted by molar-refractivity contribution is 5.79. The quantitative estimate of drug-likeness (QED) is 0.617. The third-order valence-electron chi connectivity index (χ3n) is 5.88. The Labute approximate surface area is 186 Å². The number of hydrogen-bond acceptors (Lipinski definition) is 7. The van der Waals surface area contributed by atoms with Crippen molar-refractivity contribution in [3.63, 3.8) is 0 Å². The molecule has 0 amide bonds. The first-order valence-corrected chi connectivity index (χ1v) is 10.6. The van der Waals surface area contributed by atoms with E-state index in [-0.39, 0.29) is 0 Å². The van der Waals surface area contributed by atoms with Crippen LogP contribution in [0.5, 0.6) is 11.5 Å². The first kappa shape index (κ1) is 20.0. The molecule has 7 nitrogen and oxygen atoms in total. The molecule has 2 aliphatic rings. The van der Waals surface area contributed by atoms with Gasteiger partial charge in [-0.3, -0.25) is 4.98 Å². The number of aliphatic imine (C=N–C) groups is 1. The van der Waals surface area contributed by atoms with Gasteiger partial charge in [0.15, 0.2) is 0 Å². The highest BCUT2D eigenvalue weighted by atomic mass is 16.7. The molecule has 2 aliphatic heterocycles. The van der Waals surface area contributed by atoms with Crippen LogP contribution in [0.25, 0.3) is 11.1 Å². The van der Waals surface area contributed by atoms with Crippen LogP contribution in [0.15, 0.2) is 65.8 Å². The lowest BCUT2D eigenvalue weighted by Gasteiger charge is -2.29. The van der Waals surface area contributed by atoms with Gasteiger partial charge < -0.3 is 10.5 Å². The van der Waals surface area contributed by atoms with E-state index in [1.807, 2.05) is 48.5 Å². The van der Waals surface area contributed by atoms with Gasteiger partial charge in [-0.15, -0.1) is 0 Å². The van der Waals surface area contributed by atoms with Gasteiger partial charge in [0.25, 0.3) is 0 Å². The molecule has 1 aromatic heterocycles. The molecule has 3 heterocycles. The number of fused-ring (bicyclic) bond motifs is 3. The third kappa shape index (κ3) is 3.55. The van der Waals surface area contributed by atoms with Gasteiger partial charge in [0.1, 0.15) is 11.5 Å². The Morgan fingerprint density at radius 1 is 1.06 bits per heavy atom. The molecule has 2 N–H and O–H groups in total. The van der Waals surface area contributed by atoms with E-state index in [0.29, 0.717) is 23.7 Å². The van der Waals surface area contributed by atoms with Crippen LogP contribution in [-0.2, 0) is 17.0 Å². The molecule has 0 fully saturated rings. The smallest absolute Gasteiger partial charge is 0.218 e. The van der Waals surface area contributed by atoms with Crippen molar-refractivity contribution < 1.29 is 9.57 Å². The van der Waals surface area contributed by atoms with Crippen LogP contribution in [0.1, 0.15) is 36.1 Å². The number of ether oxygens (including phenoxy) is 1. The first-order valence-electron chi connectivity index (χ1n) is 10.6. The zero-order valence-electron chi connectivity index (χ0n) is 17.8. The van der Waals surface area contributed by atoms with E-state index in [9.17, 15) is 5.26 Å². The van der Waals surface area contributed by atoms with E-state index >= 15 is 0 Å². The summed E-state index contributed by atoms with van der Waals surface area (Å²) < 4.78 is 6.39. The highest BCUT2D eigenvalue weighted by Crippen LogP contribution is 2.45. The van der Waals surface area contributed by atoms with Crippen molar-refractivity contribution in [1.29, 1.82) is 5.26 Å². The maximum atomic E-state index is 9.31. The van der Waals surface area contributed by atoms with Crippen LogP contribution in [0.4, 0.5) is 0 Å². The van der Waals surface area contributed by atoms with Crippen molar-refractivity contribution in [2.45, 2.75) is 31.4 Å². The van der Waals surface area contributed by atoms with E-state index in [0.717, 1.165) is 47.4 Å². The highest BCUT2D eigenvalue weighted by Gasteiger charge is 2.43. The lowest BCUT2D eigenvalue weighted by molar-refractivity contribution is -0.177. The number of nitrogens with zero attached hydrogens (tertiary/aromatic N) is 4. The van der Waals surface area contributed by atoms with Crippen LogP contribution >= 0.6 is 0 Å². The third-order valence-corrected chi connectivity index (χ3v) is 5.88. The minimum atomic E-state index is -0.975. The second-order valence-corrected chi connectivity index (χ2v) is 8.00. The predicted octanol–water partition coefficient (Wildman–Crippen LogP) is 4.48. The summed E-state index contributed by atoms with van der Waals surface area (Å²) in [5.74, 6) is 1.70. The maximum absolute atomic E-state index is 9.31. The van der Waals surface area contributed by atoms with Crippen molar-refractivity contribution in [3.8, 4) is 28.7 Å². The molecule has 1 spiro atoms. The van der Waals surface area contributed by atoms with Crippen LogP contribution in [0.3, 0.4) is 0 Å². The zero-order valence-corrected chi connectivity index (χ0v) is 17.8. The summed E-state index contributed by atoms with van der Waals surface area (Å²) in [6.45, 7) is 0. The maximum Gasteiger partial charge on any atom is 0.218 e. The minimum Gasteiger partial charge on any atom is -0.455 e. The molecular formula is C25H23N5O2. The van der Waals surface area contributed by atoms with E-state index in [4.69, 9.17) is 20.3 Å². The van der Waals surface area contributed by atoms with Gasteiger partial charge in [0, 0.05) is 19.7 Å². The number of benzene rings is 2. The second-order valence-electron chi connectivity index (χ2n) is 8.00. The van der Waals surface area contributed by atoms with E-state index in [1.54, 1.807) is 19.3 Å². The van der Waals surface area contributed by atoms with Gasteiger partial charge in [-0.25, -0.2) is 14.9 Å². The van der Waals surface area contributed by atoms with Gasteiger partial charge in [0.2, 0.25) is 11.7 Å². The number of pyridine rings is 1. The molecular weight excluding hydrogens is 402 g/mol. The number of aromatic nitrogens is 1. The number of guanidine groups is 1. The average molecular weight is 425 g/mol. The Morgan fingerprint density at radius 3 is 2.75 bits per heavy atom. The number of aryl methyl sites for hydroxylation is 1. The molecule has 3 aromatic rings. The van der Waals surface area contributed by atoms with Gasteiger partial charge in [0.05, 0.1) is 22.9 Å². The average Bonchev–Trinajstić information content (AvgIpc) is 3.11. The van der Waals surface area contributed by atoms with Gasteiger partial charge in [-0.1, -0.05) is 18.2 Å². The molecule has 160 valence electrons. The van der Waals surface area contributed by atoms with Crippen molar-refractivity contribution in [1.82, 2.24) is 10.0 Å². The molecule has 5 rings (SSSR count). The first-order chi connectivity index (χ1) is 15.6. The SMILES string of the molecule is CN1OC2(CCCCc3ncccc3Oc3ccc(-c4cccc(C#N)c4)cc32)N=C1N. The molecule has 0 radical (unpaired) electrons. The summed E-state index contributed by atoms with van der Waals surface area (Å²) in [5, 5.41) is 10.8. The Morgan fingerprint density at radius 2 is 1.94 bits per heavy atom. The molecule has 0 bridgehead atoms. The van der Waals surface area contributed by atoms with Crippen LogP contribution in [0.2, 0.25) is 0 Å². The Balaban J connectivity index is 1.69. The normalized spacial score (nSPS) is 20.0. The minimum absolute atomic E-state index is 0.326. The largest absolute Gasteiger partial charge is 0.455 e. The predicted molar refractivity (Wildman–Crippen MR) is 121 cm³/mol. The summed E-state index contributed by atoms with van der Waals surface area (Å²) in [7, 11) is 1.76. The van der Waals surface area contributed by atoms with Gasteiger partial charge >= 0.3 is 0 Å². The summed E-state index contributed by atoms with van der Waals surface area (Å²) in [5.41, 5.74) is 9.37. The second kappa shape index (κ2) is 7.98. The summed E-state index contributed by atoms with van der Waals surface area (Å²) in [4.78, 5) is 15.5. The number of nitrogens with two attached hydrogens (primary N) is 1. The molecule has 0 saturated heterocycles. The van der Waals surface area contributed by atoms with Crippen LogP contribution < -0.4 is 10.5 Å². The van der Waals surface area contributed by atoms with Gasteiger partial charge in [-0.2, -0.15) is 5.26 Å². The summed E-state index contributed by atoms with van der Waals surface area (Å²) in [6.07, 6.45) is 5.07. The van der Waals surface area contributed by atoms with E-state index < -0.39 is 5.72 Å².